The highest BCUT2D eigenvalue weighted by Crippen LogP contribution is 2.28. The molecule has 0 aliphatic carbocycles. The van der Waals surface area contributed by atoms with Crippen LogP contribution in [-0.4, -0.2) is 45.6 Å². The van der Waals surface area contributed by atoms with Crippen molar-refractivity contribution in [3.63, 3.8) is 0 Å². The van der Waals surface area contributed by atoms with E-state index in [-0.39, 0.29) is 11.8 Å². The summed E-state index contributed by atoms with van der Waals surface area (Å²) in [7, 11) is 0. The molecule has 0 atom stereocenters. The van der Waals surface area contributed by atoms with Crippen LogP contribution in [0.5, 0.6) is 0 Å². The van der Waals surface area contributed by atoms with Crippen molar-refractivity contribution >= 4 is 22.4 Å². The highest BCUT2D eigenvalue weighted by molar-refractivity contribution is 6.02. The zero-order valence-electron chi connectivity index (χ0n) is 17.8. The van der Waals surface area contributed by atoms with Crippen LogP contribution in [0.1, 0.15) is 31.1 Å². The SMILES string of the molecule is O=C(CCN1CCC(c2nc(-c3ccccn3)no2)CC1)Nc1cccc2ccccc12. The minimum absolute atomic E-state index is 0.0420. The average molecular weight is 428 g/mol. The van der Waals surface area contributed by atoms with Crippen LogP contribution in [0.25, 0.3) is 22.3 Å². The van der Waals surface area contributed by atoms with Crippen molar-refractivity contribution in [3.8, 4) is 11.5 Å². The Morgan fingerprint density at radius 3 is 2.69 bits per heavy atom. The van der Waals surface area contributed by atoms with Gasteiger partial charge in [-0.2, -0.15) is 4.98 Å². The second kappa shape index (κ2) is 9.28. The van der Waals surface area contributed by atoms with E-state index >= 15 is 0 Å². The molecule has 3 heterocycles. The first-order valence-corrected chi connectivity index (χ1v) is 11.0. The van der Waals surface area contributed by atoms with Crippen molar-refractivity contribution in [2.45, 2.75) is 25.2 Å². The lowest BCUT2D eigenvalue weighted by Crippen LogP contribution is -2.35. The first kappa shape index (κ1) is 20.3. The number of pyridine rings is 1. The van der Waals surface area contributed by atoms with Crippen molar-refractivity contribution in [2.75, 3.05) is 25.0 Å². The van der Waals surface area contributed by atoms with Gasteiger partial charge in [-0.25, -0.2) is 0 Å². The van der Waals surface area contributed by atoms with E-state index in [0.717, 1.165) is 54.6 Å². The number of benzene rings is 2. The third kappa shape index (κ3) is 4.53. The van der Waals surface area contributed by atoms with Gasteiger partial charge in [0.15, 0.2) is 0 Å². The van der Waals surface area contributed by atoms with Crippen molar-refractivity contribution in [1.29, 1.82) is 0 Å². The highest BCUT2D eigenvalue weighted by Gasteiger charge is 2.25. The number of rotatable bonds is 6. The number of nitrogens with one attached hydrogen (secondary N) is 1. The van der Waals surface area contributed by atoms with E-state index < -0.39 is 0 Å². The van der Waals surface area contributed by atoms with Gasteiger partial charge in [0.25, 0.3) is 0 Å². The summed E-state index contributed by atoms with van der Waals surface area (Å²) in [5.74, 6) is 1.51. The summed E-state index contributed by atoms with van der Waals surface area (Å²) in [6, 6.07) is 19.7. The number of piperidine rings is 1. The Balaban J connectivity index is 1.11. The molecule has 4 aromatic rings. The third-order valence-corrected chi connectivity index (χ3v) is 5.99. The Bertz CT molecular complexity index is 1190. The van der Waals surface area contributed by atoms with Crippen LogP contribution < -0.4 is 5.32 Å². The number of fused-ring (bicyclic) bond motifs is 1. The van der Waals surface area contributed by atoms with Gasteiger partial charge in [-0.05, 0) is 49.5 Å². The summed E-state index contributed by atoms with van der Waals surface area (Å²) in [5, 5.41) is 9.35. The highest BCUT2D eigenvalue weighted by atomic mass is 16.5. The molecule has 1 aliphatic rings. The predicted octanol–water partition coefficient (Wildman–Crippen LogP) is 4.49. The standard InChI is InChI=1S/C25H25N5O2/c31-23(27-21-10-5-7-18-6-1-2-8-20(18)21)13-17-30-15-11-19(12-16-30)25-28-24(29-32-25)22-9-3-4-14-26-22/h1-10,14,19H,11-13,15-17H2,(H,27,31). The van der Waals surface area contributed by atoms with E-state index in [2.05, 4.69) is 37.5 Å². The molecule has 7 heteroatoms. The van der Waals surface area contributed by atoms with Gasteiger partial charge in [0.2, 0.25) is 17.6 Å². The van der Waals surface area contributed by atoms with Crippen LogP contribution >= 0.6 is 0 Å². The molecule has 5 rings (SSSR count). The molecule has 0 spiro atoms. The first-order valence-electron chi connectivity index (χ1n) is 11.0. The zero-order chi connectivity index (χ0) is 21.8. The van der Waals surface area contributed by atoms with E-state index in [4.69, 9.17) is 4.52 Å². The van der Waals surface area contributed by atoms with Crippen molar-refractivity contribution in [2.24, 2.45) is 0 Å². The number of hydrogen-bond donors (Lipinski definition) is 1. The molecule has 2 aromatic heterocycles. The van der Waals surface area contributed by atoms with E-state index in [1.54, 1.807) is 6.20 Å². The molecule has 0 unspecified atom stereocenters. The minimum Gasteiger partial charge on any atom is -0.339 e. The van der Waals surface area contributed by atoms with Crippen LogP contribution in [0.15, 0.2) is 71.4 Å². The molecular weight excluding hydrogens is 402 g/mol. The van der Waals surface area contributed by atoms with Crippen molar-refractivity contribution in [1.82, 2.24) is 20.0 Å². The number of carbonyl (C=O) groups is 1. The van der Waals surface area contributed by atoms with E-state index in [9.17, 15) is 4.79 Å². The van der Waals surface area contributed by atoms with Gasteiger partial charge in [0.05, 0.1) is 0 Å². The number of amides is 1. The number of hydrogen-bond acceptors (Lipinski definition) is 6. The summed E-state index contributed by atoms with van der Waals surface area (Å²) in [6.45, 7) is 2.56. The summed E-state index contributed by atoms with van der Waals surface area (Å²) in [6.07, 6.45) is 4.07. The molecule has 2 aromatic carbocycles. The molecule has 7 nitrogen and oxygen atoms in total. The van der Waals surface area contributed by atoms with Crippen molar-refractivity contribution in [3.05, 3.63) is 72.8 Å². The first-order chi connectivity index (χ1) is 15.8. The van der Waals surface area contributed by atoms with Gasteiger partial charge in [0, 0.05) is 36.2 Å². The van der Waals surface area contributed by atoms with Crippen LogP contribution in [0, 0.1) is 0 Å². The van der Waals surface area contributed by atoms with Gasteiger partial charge in [0.1, 0.15) is 5.69 Å². The molecule has 32 heavy (non-hydrogen) atoms. The maximum atomic E-state index is 12.5. The Labute approximate surface area is 186 Å². The van der Waals surface area contributed by atoms with Gasteiger partial charge in [-0.15, -0.1) is 0 Å². The summed E-state index contributed by atoms with van der Waals surface area (Å²) in [4.78, 5) is 23.7. The van der Waals surface area contributed by atoms with E-state index in [0.29, 0.717) is 18.1 Å². The maximum Gasteiger partial charge on any atom is 0.230 e. The fourth-order valence-corrected chi connectivity index (χ4v) is 4.21. The number of aromatic nitrogens is 3. The predicted molar refractivity (Wildman–Crippen MR) is 123 cm³/mol. The number of carbonyl (C=O) groups excluding carboxylic acids is 1. The molecule has 1 N–H and O–H groups in total. The third-order valence-electron chi connectivity index (χ3n) is 5.99. The Hall–Kier alpha value is -3.58. The molecule has 162 valence electrons. The Morgan fingerprint density at radius 2 is 1.84 bits per heavy atom. The average Bonchev–Trinajstić information content (AvgIpc) is 3.34. The molecule has 1 saturated heterocycles. The number of anilines is 1. The van der Waals surface area contributed by atoms with Crippen LogP contribution in [0.3, 0.4) is 0 Å². The Kier molecular flexibility index (Phi) is 5.89. The monoisotopic (exact) mass is 427 g/mol. The smallest absolute Gasteiger partial charge is 0.230 e. The van der Waals surface area contributed by atoms with E-state index in [1.807, 2.05) is 48.5 Å². The van der Waals surface area contributed by atoms with Gasteiger partial charge in [-0.3, -0.25) is 9.78 Å². The molecule has 0 saturated carbocycles. The molecule has 1 fully saturated rings. The van der Waals surface area contributed by atoms with Gasteiger partial charge >= 0.3 is 0 Å². The quantitative estimate of drug-likeness (QED) is 0.488. The van der Waals surface area contributed by atoms with Crippen LogP contribution in [0.2, 0.25) is 0 Å². The topological polar surface area (TPSA) is 84.2 Å². The van der Waals surface area contributed by atoms with E-state index in [1.165, 1.54) is 0 Å². The fourth-order valence-electron chi connectivity index (χ4n) is 4.21. The lowest BCUT2D eigenvalue weighted by molar-refractivity contribution is -0.116. The minimum atomic E-state index is 0.0420. The maximum absolute atomic E-state index is 12.5. The molecule has 1 amide bonds. The Morgan fingerprint density at radius 1 is 1.03 bits per heavy atom. The normalized spacial score (nSPS) is 15.1. The second-order valence-electron chi connectivity index (χ2n) is 8.11. The molecule has 0 bridgehead atoms. The molecule has 0 radical (unpaired) electrons. The van der Waals surface area contributed by atoms with Gasteiger partial charge in [-0.1, -0.05) is 47.6 Å². The number of nitrogens with zero attached hydrogens (tertiary/aromatic N) is 4. The van der Waals surface area contributed by atoms with Crippen LogP contribution in [-0.2, 0) is 4.79 Å². The van der Waals surface area contributed by atoms with Crippen LogP contribution in [0.4, 0.5) is 5.69 Å². The fraction of sp³-hybridized carbons (Fsp3) is 0.280. The zero-order valence-corrected chi connectivity index (χ0v) is 17.8. The summed E-state index contributed by atoms with van der Waals surface area (Å²) >= 11 is 0. The molecular formula is C25H25N5O2. The number of likely N-dealkylation sites (tertiary alicyclic amines) is 1. The molecule has 1 aliphatic heterocycles. The lowest BCUT2D eigenvalue weighted by atomic mass is 9.96. The lowest BCUT2D eigenvalue weighted by Gasteiger charge is -2.30. The largest absolute Gasteiger partial charge is 0.339 e. The summed E-state index contributed by atoms with van der Waals surface area (Å²) < 4.78 is 5.51. The second-order valence-corrected chi connectivity index (χ2v) is 8.11. The summed E-state index contributed by atoms with van der Waals surface area (Å²) in [5.41, 5.74) is 1.59. The van der Waals surface area contributed by atoms with Gasteiger partial charge < -0.3 is 14.7 Å². The van der Waals surface area contributed by atoms with Crippen molar-refractivity contribution < 1.29 is 9.32 Å².